The fourth-order valence-electron chi connectivity index (χ4n) is 7.55. The maximum atomic E-state index is 12.7. The fourth-order valence-corrected chi connectivity index (χ4v) is 7.55. The van der Waals surface area contributed by atoms with Gasteiger partial charge in [0.1, 0.15) is 13.2 Å². The lowest BCUT2D eigenvalue weighted by molar-refractivity contribution is -0.167. The smallest absolute Gasteiger partial charge is 0.306 e. The third-order valence-corrected chi connectivity index (χ3v) is 11.8. The Balaban J connectivity index is 4.32. The quantitative estimate of drug-likeness (QED) is 0.0347. The lowest BCUT2D eigenvalue weighted by Gasteiger charge is -2.18. The highest BCUT2D eigenvalue weighted by atomic mass is 16.6. The van der Waals surface area contributed by atoms with Crippen molar-refractivity contribution < 1.29 is 28.6 Å². The molecule has 0 N–H and O–H groups in total. The minimum Gasteiger partial charge on any atom is -0.462 e. The van der Waals surface area contributed by atoms with Crippen molar-refractivity contribution in [1.29, 1.82) is 0 Å². The summed E-state index contributed by atoms with van der Waals surface area (Å²) in [5.41, 5.74) is 0. The standard InChI is InChI=1S/C51H98O6/c1-7-47(6)39-33-27-21-14-11-12-16-23-29-35-41-50(53)56-44-48(57-51(54)42-36-30-24-18-17-20-26-32-38-46(4)5)43-55-49(52)40-34-28-22-15-10-8-9-13-19-25-31-37-45(2)3/h45-48H,7-44H2,1-6H3/t47?,48-/m0/s1. The van der Waals surface area contributed by atoms with Crippen LogP contribution < -0.4 is 0 Å². The summed E-state index contributed by atoms with van der Waals surface area (Å²) in [6.45, 7) is 13.7. The molecule has 338 valence electrons. The van der Waals surface area contributed by atoms with Gasteiger partial charge in [0.2, 0.25) is 0 Å². The second-order valence-electron chi connectivity index (χ2n) is 18.6. The summed E-state index contributed by atoms with van der Waals surface area (Å²) in [6, 6.07) is 0. The van der Waals surface area contributed by atoms with Gasteiger partial charge in [-0.3, -0.25) is 14.4 Å². The summed E-state index contributed by atoms with van der Waals surface area (Å²) in [5.74, 6) is 1.63. The molecule has 0 aliphatic carbocycles. The molecule has 57 heavy (non-hydrogen) atoms. The first-order valence-corrected chi connectivity index (χ1v) is 25.1. The van der Waals surface area contributed by atoms with Gasteiger partial charge in [-0.2, -0.15) is 0 Å². The number of rotatable bonds is 44. The number of ether oxygens (including phenoxy) is 3. The van der Waals surface area contributed by atoms with Gasteiger partial charge in [-0.05, 0) is 37.0 Å². The molecular formula is C51H98O6. The van der Waals surface area contributed by atoms with Gasteiger partial charge < -0.3 is 14.2 Å². The predicted octanol–water partition coefficient (Wildman–Crippen LogP) is 16.0. The van der Waals surface area contributed by atoms with Gasteiger partial charge in [-0.15, -0.1) is 0 Å². The summed E-state index contributed by atoms with van der Waals surface area (Å²) >= 11 is 0. The predicted molar refractivity (Wildman–Crippen MR) is 243 cm³/mol. The zero-order valence-electron chi connectivity index (χ0n) is 39.1. The number of hydrogen-bond acceptors (Lipinski definition) is 6. The van der Waals surface area contributed by atoms with E-state index in [1.165, 1.54) is 154 Å². The van der Waals surface area contributed by atoms with Gasteiger partial charge in [0, 0.05) is 19.3 Å². The second-order valence-corrected chi connectivity index (χ2v) is 18.6. The van der Waals surface area contributed by atoms with E-state index in [1.807, 2.05) is 0 Å². The average Bonchev–Trinajstić information content (AvgIpc) is 3.18. The molecule has 0 fully saturated rings. The van der Waals surface area contributed by atoms with Gasteiger partial charge in [0.25, 0.3) is 0 Å². The van der Waals surface area contributed by atoms with E-state index in [0.717, 1.165) is 75.5 Å². The fraction of sp³-hybridized carbons (Fsp3) is 0.941. The Bertz CT molecular complexity index is 885. The average molecular weight is 807 g/mol. The molecular weight excluding hydrogens is 709 g/mol. The Hall–Kier alpha value is -1.59. The zero-order chi connectivity index (χ0) is 42.0. The van der Waals surface area contributed by atoms with Crippen LogP contribution in [0.1, 0.15) is 273 Å². The van der Waals surface area contributed by atoms with Crippen LogP contribution in [0.15, 0.2) is 0 Å². The number of unbranched alkanes of at least 4 members (excludes halogenated alkanes) is 26. The topological polar surface area (TPSA) is 78.9 Å². The van der Waals surface area contributed by atoms with Crippen LogP contribution in [-0.2, 0) is 28.6 Å². The molecule has 0 rings (SSSR count). The van der Waals surface area contributed by atoms with Crippen LogP contribution in [-0.4, -0.2) is 37.2 Å². The number of carbonyl (C=O) groups excluding carboxylic acids is 3. The van der Waals surface area contributed by atoms with E-state index >= 15 is 0 Å². The maximum Gasteiger partial charge on any atom is 0.306 e. The van der Waals surface area contributed by atoms with Crippen molar-refractivity contribution in [2.75, 3.05) is 13.2 Å². The minimum absolute atomic E-state index is 0.0655. The Morgan fingerprint density at radius 2 is 0.614 bits per heavy atom. The van der Waals surface area contributed by atoms with E-state index in [-0.39, 0.29) is 31.1 Å². The zero-order valence-corrected chi connectivity index (χ0v) is 39.1. The van der Waals surface area contributed by atoms with Crippen molar-refractivity contribution in [3.63, 3.8) is 0 Å². The summed E-state index contributed by atoms with van der Waals surface area (Å²) in [7, 11) is 0. The summed E-state index contributed by atoms with van der Waals surface area (Å²) in [4.78, 5) is 37.9. The molecule has 6 heteroatoms. The van der Waals surface area contributed by atoms with E-state index in [4.69, 9.17) is 14.2 Å². The lowest BCUT2D eigenvalue weighted by atomic mass is 9.99. The van der Waals surface area contributed by atoms with Crippen molar-refractivity contribution >= 4 is 17.9 Å². The van der Waals surface area contributed by atoms with Gasteiger partial charge in [-0.25, -0.2) is 0 Å². The van der Waals surface area contributed by atoms with Crippen molar-refractivity contribution in [2.45, 2.75) is 279 Å². The van der Waals surface area contributed by atoms with E-state index in [2.05, 4.69) is 41.5 Å². The SMILES string of the molecule is CCC(C)CCCCCCCCCCCCC(=O)OC[C@H](COC(=O)CCCCCCCCCCCCCC(C)C)OC(=O)CCCCCCCCCCC(C)C. The van der Waals surface area contributed by atoms with Crippen LogP contribution in [0.4, 0.5) is 0 Å². The van der Waals surface area contributed by atoms with Gasteiger partial charge in [0.05, 0.1) is 0 Å². The first-order valence-electron chi connectivity index (χ1n) is 25.1. The number of esters is 3. The van der Waals surface area contributed by atoms with Crippen molar-refractivity contribution in [3.05, 3.63) is 0 Å². The maximum absolute atomic E-state index is 12.7. The first kappa shape index (κ1) is 55.4. The molecule has 0 aliphatic heterocycles. The molecule has 0 amide bonds. The molecule has 2 atom stereocenters. The van der Waals surface area contributed by atoms with Crippen LogP contribution in [0.3, 0.4) is 0 Å². The molecule has 0 aliphatic rings. The molecule has 0 radical (unpaired) electrons. The van der Waals surface area contributed by atoms with Crippen LogP contribution in [0.5, 0.6) is 0 Å². The van der Waals surface area contributed by atoms with Gasteiger partial charge in [0.15, 0.2) is 6.10 Å². The van der Waals surface area contributed by atoms with Crippen LogP contribution >= 0.6 is 0 Å². The minimum atomic E-state index is -0.763. The largest absolute Gasteiger partial charge is 0.462 e. The third-order valence-electron chi connectivity index (χ3n) is 11.8. The Labute approximate surface area is 355 Å². The van der Waals surface area contributed by atoms with Crippen LogP contribution in [0, 0.1) is 17.8 Å². The molecule has 6 nitrogen and oxygen atoms in total. The highest BCUT2D eigenvalue weighted by molar-refractivity contribution is 5.71. The normalized spacial score (nSPS) is 12.6. The van der Waals surface area contributed by atoms with E-state index in [9.17, 15) is 14.4 Å². The third kappa shape index (κ3) is 43.8. The highest BCUT2D eigenvalue weighted by Gasteiger charge is 2.19. The van der Waals surface area contributed by atoms with E-state index in [1.54, 1.807) is 0 Å². The van der Waals surface area contributed by atoms with Gasteiger partial charge in [-0.1, -0.05) is 234 Å². The molecule has 0 spiro atoms. The number of hydrogen-bond donors (Lipinski definition) is 0. The number of carbonyl (C=O) groups is 3. The Morgan fingerprint density at radius 1 is 0.351 bits per heavy atom. The van der Waals surface area contributed by atoms with E-state index < -0.39 is 6.10 Å². The molecule has 0 aromatic carbocycles. The summed E-state index contributed by atoms with van der Waals surface area (Å²) in [5, 5.41) is 0. The molecule has 0 heterocycles. The van der Waals surface area contributed by atoms with Crippen molar-refractivity contribution in [2.24, 2.45) is 17.8 Å². The lowest BCUT2D eigenvalue weighted by Crippen LogP contribution is -2.30. The van der Waals surface area contributed by atoms with Crippen LogP contribution in [0.25, 0.3) is 0 Å². The van der Waals surface area contributed by atoms with Crippen LogP contribution in [0.2, 0.25) is 0 Å². The molecule has 1 unspecified atom stereocenters. The Morgan fingerprint density at radius 3 is 0.912 bits per heavy atom. The monoisotopic (exact) mass is 807 g/mol. The summed E-state index contributed by atoms with van der Waals surface area (Å²) in [6.07, 6.45) is 40.8. The Kier molecular flexibility index (Phi) is 41.3. The van der Waals surface area contributed by atoms with Crippen molar-refractivity contribution in [3.8, 4) is 0 Å². The molecule has 0 aromatic rings. The highest BCUT2D eigenvalue weighted by Crippen LogP contribution is 2.18. The molecule has 0 saturated heterocycles. The first-order chi connectivity index (χ1) is 27.6. The summed E-state index contributed by atoms with van der Waals surface area (Å²) < 4.78 is 16.8. The molecule has 0 saturated carbocycles. The van der Waals surface area contributed by atoms with E-state index in [0.29, 0.717) is 19.3 Å². The van der Waals surface area contributed by atoms with Gasteiger partial charge >= 0.3 is 17.9 Å². The molecule has 0 aromatic heterocycles. The van der Waals surface area contributed by atoms with Crippen molar-refractivity contribution in [1.82, 2.24) is 0 Å². The second kappa shape index (κ2) is 42.5. The molecule has 0 bridgehead atoms.